The average molecular weight is 535 g/mol. The molecule has 0 saturated carbocycles. The monoisotopic (exact) mass is 534 g/mol. The first kappa shape index (κ1) is 27.1. The summed E-state index contributed by atoms with van der Waals surface area (Å²) in [6.07, 6.45) is 6.24. The lowest BCUT2D eigenvalue weighted by atomic mass is 9.96. The zero-order chi connectivity index (χ0) is 27.7. The Hall–Kier alpha value is -3.95. The van der Waals surface area contributed by atoms with E-state index in [4.69, 9.17) is 4.42 Å². The predicted molar refractivity (Wildman–Crippen MR) is 148 cm³/mol. The van der Waals surface area contributed by atoms with E-state index < -0.39 is 38.7 Å². The van der Waals surface area contributed by atoms with E-state index in [0.717, 1.165) is 16.7 Å². The highest BCUT2D eigenvalue weighted by atomic mass is 32.2. The third-order valence-electron chi connectivity index (χ3n) is 6.70. The number of nitrogens with one attached hydrogen (secondary N) is 2. The number of benzene rings is 2. The van der Waals surface area contributed by atoms with Crippen molar-refractivity contribution in [1.82, 2.24) is 10.0 Å². The Morgan fingerprint density at radius 1 is 1.13 bits per heavy atom. The van der Waals surface area contributed by atoms with Crippen LogP contribution in [0, 0.1) is 12.8 Å². The molecule has 2 atom stereocenters. The quantitative estimate of drug-likeness (QED) is 0.359. The van der Waals surface area contributed by atoms with Crippen molar-refractivity contribution in [2.24, 2.45) is 5.92 Å². The molecule has 1 amide bonds. The number of fused-ring (bicyclic) bond motifs is 1. The molecule has 1 aliphatic rings. The minimum atomic E-state index is -4.45. The molecule has 3 N–H and O–H groups in total. The van der Waals surface area contributed by atoms with Crippen molar-refractivity contribution < 1.29 is 27.5 Å². The number of carbonyl (C=O) groups excluding carboxylic acids is 1. The molecule has 0 fully saturated rings. The van der Waals surface area contributed by atoms with Gasteiger partial charge >= 0.3 is 5.97 Å². The second-order valence-corrected chi connectivity index (χ2v) is 11.5. The van der Waals surface area contributed by atoms with Gasteiger partial charge in [0, 0.05) is 17.4 Å². The maximum Gasteiger partial charge on any atom is 0.321 e. The minimum Gasteiger partial charge on any atom is -0.480 e. The van der Waals surface area contributed by atoms with Crippen LogP contribution in [0.4, 0.5) is 0 Å². The molecular formula is C29H30N2O6S. The van der Waals surface area contributed by atoms with Crippen molar-refractivity contribution in [1.29, 1.82) is 0 Å². The van der Waals surface area contributed by atoms with Gasteiger partial charge in [-0.15, -0.1) is 0 Å². The van der Waals surface area contributed by atoms with Crippen LogP contribution >= 0.6 is 0 Å². The minimum absolute atomic E-state index is 0.0336. The molecule has 4 rings (SSSR count). The summed E-state index contributed by atoms with van der Waals surface area (Å²) < 4.78 is 35.7. The van der Waals surface area contributed by atoms with Gasteiger partial charge < -0.3 is 14.8 Å². The molecule has 198 valence electrons. The van der Waals surface area contributed by atoms with Crippen LogP contribution in [-0.2, 0) is 14.8 Å². The first-order valence-corrected chi connectivity index (χ1v) is 13.6. The molecule has 3 aromatic rings. The van der Waals surface area contributed by atoms with E-state index in [1.54, 1.807) is 51.1 Å². The number of amides is 1. The Labute approximate surface area is 221 Å². The van der Waals surface area contributed by atoms with Gasteiger partial charge in [-0.05, 0) is 41.7 Å². The first-order valence-electron chi connectivity index (χ1n) is 12.2. The maximum atomic E-state index is 13.8. The van der Waals surface area contributed by atoms with E-state index in [0.29, 0.717) is 16.5 Å². The van der Waals surface area contributed by atoms with E-state index in [1.165, 1.54) is 6.08 Å². The lowest BCUT2D eigenvalue weighted by Gasteiger charge is -2.34. The van der Waals surface area contributed by atoms with E-state index >= 15 is 0 Å². The summed E-state index contributed by atoms with van der Waals surface area (Å²) in [7, 11) is -4.45. The lowest BCUT2D eigenvalue weighted by Crippen LogP contribution is -2.60. The maximum absolute atomic E-state index is 13.8. The number of aryl methyl sites for hydroxylation is 1. The van der Waals surface area contributed by atoms with E-state index in [-0.39, 0.29) is 12.2 Å². The fourth-order valence-corrected chi connectivity index (χ4v) is 6.23. The first-order chi connectivity index (χ1) is 18.0. The van der Waals surface area contributed by atoms with Gasteiger partial charge in [-0.1, -0.05) is 81.1 Å². The molecule has 1 aliphatic carbocycles. The highest BCUT2D eigenvalue weighted by molar-refractivity contribution is 7.91. The molecule has 0 saturated heterocycles. The van der Waals surface area contributed by atoms with Crippen molar-refractivity contribution in [3.63, 3.8) is 0 Å². The third-order valence-corrected chi connectivity index (χ3v) is 8.62. The zero-order valence-electron chi connectivity index (χ0n) is 21.4. The summed E-state index contributed by atoms with van der Waals surface area (Å²) in [5, 5.41) is 13.0. The number of allylic oxidation sites excluding steroid dienone is 2. The van der Waals surface area contributed by atoms with Gasteiger partial charge in [0.25, 0.3) is 5.91 Å². The van der Waals surface area contributed by atoms with Crippen LogP contribution in [0.2, 0.25) is 0 Å². The molecule has 0 aliphatic heterocycles. The summed E-state index contributed by atoms with van der Waals surface area (Å²) in [4.78, 5) is 23.4. The van der Waals surface area contributed by atoms with Gasteiger partial charge in [0.1, 0.15) is 11.6 Å². The topological polar surface area (TPSA) is 126 Å². The highest BCUT2D eigenvalue weighted by Gasteiger charge is 2.46. The largest absolute Gasteiger partial charge is 0.480 e. The summed E-state index contributed by atoms with van der Waals surface area (Å²) in [5.41, 5.74) is 3.45. The Morgan fingerprint density at radius 2 is 1.84 bits per heavy atom. The predicted octanol–water partition coefficient (Wildman–Crippen LogP) is 4.88. The molecular weight excluding hydrogens is 504 g/mol. The number of carboxylic acids is 1. The average Bonchev–Trinajstić information content (AvgIpc) is 3.24. The smallest absolute Gasteiger partial charge is 0.321 e. The summed E-state index contributed by atoms with van der Waals surface area (Å²) >= 11 is 0. The lowest BCUT2D eigenvalue weighted by molar-refractivity contribution is -0.140. The number of carboxylic acid groups (broad SMARTS) is 1. The number of sulfonamides is 1. The molecule has 1 unspecified atom stereocenters. The molecule has 0 bridgehead atoms. The van der Waals surface area contributed by atoms with Gasteiger partial charge in [-0.25, -0.2) is 8.42 Å². The summed E-state index contributed by atoms with van der Waals surface area (Å²) in [6.45, 7) is 8.73. The second kappa shape index (κ2) is 10.4. The number of hydrogen-bond donors (Lipinski definition) is 3. The summed E-state index contributed by atoms with van der Waals surface area (Å²) in [6, 6.07) is 13.3. The molecule has 0 radical (unpaired) electrons. The molecule has 2 aromatic carbocycles. The molecule has 9 heteroatoms. The number of rotatable bonds is 9. The fraction of sp³-hybridized carbons (Fsp3) is 0.241. The number of carbonyl (C=O) groups is 2. The van der Waals surface area contributed by atoms with E-state index in [9.17, 15) is 23.1 Å². The van der Waals surface area contributed by atoms with Gasteiger partial charge in [0.15, 0.2) is 10.6 Å². The second-order valence-electron chi connectivity index (χ2n) is 9.57. The molecule has 8 nitrogen and oxygen atoms in total. The SMILES string of the molecule is C=Cc1cccc2oc(C(=O)NC3(S(=O)(=O)N[C@H](C(=O)O)C(C)C)C=CC(c4ccccc4)=CC3)c(C)c12. The molecule has 0 spiro atoms. The van der Waals surface area contributed by atoms with Crippen molar-refractivity contribution in [2.45, 2.75) is 38.1 Å². The van der Waals surface area contributed by atoms with Crippen LogP contribution in [0.15, 0.2) is 77.8 Å². The Kier molecular flexibility index (Phi) is 7.44. The zero-order valence-corrected chi connectivity index (χ0v) is 22.2. The van der Waals surface area contributed by atoms with E-state index in [2.05, 4.69) is 16.6 Å². The molecule has 1 aromatic heterocycles. The van der Waals surface area contributed by atoms with Crippen LogP contribution in [0.3, 0.4) is 0 Å². The molecule has 1 heterocycles. The Balaban J connectivity index is 1.76. The normalized spacial score (nSPS) is 18.3. The van der Waals surface area contributed by atoms with E-state index in [1.807, 2.05) is 36.4 Å². The molecule has 38 heavy (non-hydrogen) atoms. The van der Waals surface area contributed by atoms with Gasteiger partial charge in [-0.2, -0.15) is 4.72 Å². The number of hydrogen-bond acceptors (Lipinski definition) is 5. The van der Waals surface area contributed by atoms with Crippen molar-refractivity contribution in [3.05, 3.63) is 95.8 Å². The van der Waals surface area contributed by atoms with Crippen LogP contribution < -0.4 is 10.0 Å². The van der Waals surface area contributed by atoms with Gasteiger partial charge in [-0.3, -0.25) is 9.59 Å². The highest BCUT2D eigenvalue weighted by Crippen LogP contribution is 2.33. The van der Waals surface area contributed by atoms with Crippen molar-refractivity contribution in [2.75, 3.05) is 0 Å². The third kappa shape index (κ3) is 4.94. The van der Waals surface area contributed by atoms with Crippen LogP contribution in [0.5, 0.6) is 0 Å². The van der Waals surface area contributed by atoms with Crippen LogP contribution in [-0.4, -0.2) is 36.3 Å². The summed E-state index contributed by atoms with van der Waals surface area (Å²) in [5.74, 6) is -2.62. The Bertz CT molecular complexity index is 1570. The van der Waals surface area contributed by atoms with Gasteiger partial charge in [0.2, 0.25) is 10.0 Å². The number of aliphatic carboxylic acids is 1. The van der Waals surface area contributed by atoms with Crippen LogP contribution in [0.25, 0.3) is 22.6 Å². The van der Waals surface area contributed by atoms with Crippen molar-refractivity contribution >= 4 is 44.5 Å². The number of furan rings is 1. The standard InChI is InChI=1S/C29H30N2O6S/c1-5-20-12-9-13-23-24(20)19(4)26(37-23)27(32)30-29(38(35,36)31-25(18(2)3)28(33)34)16-14-22(15-17-29)21-10-7-6-8-11-21/h5-16,18,25,31H,1,17H2,2-4H3,(H,30,32)(H,33,34)/t25-,29?/m0/s1. The fourth-order valence-electron chi connectivity index (χ4n) is 4.54. The van der Waals surface area contributed by atoms with Crippen LogP contribution in [0.1, 0.15) is 47.5 Å². The van der Waals surface area contributed by atoms with Gasteiger partial charge in [0.05, 0.1) is 0 Å². The van der Waals surface area contributed by atoms with Crippen molar-refractivity contribution in [3.8, 4) is 0 Å². The Morgan fingerprint density at radius 3 is 2.42 bits per heavy atom.